The first-order chi connectivity index (χ1) is 14.0. The van der Waals surface area contributed by atoms with Crippen molar-refractivity contribution >= 4 is 40.3 Å². The number of piperidine rings is 1. The van der Waals surface area contributed by atoms with E-state index in [1.807, 2.05) is 25.1 Å². The highest BCUT2D eigenvalue weighted by Crippen LogP contribution is 2.34. The molecular weight excluding hydrogens is 401 g/mol. The third-order valence-corrected chi connectivity index (χ3v) is 6.41. The number of nitrogens with zero attached hydrogens (tertiary/aromatic N) is 3. The van der Waals surface area contributed by atoms with E-state index in [0.29, 0.717) is 5.92 Å². The molecule has 5 heteroatoms. The van der Waals surface area contributed by atoms with Crippen LogP contribution in [-0.4, -0.2) is 25.0 Å². The Morgan fingerprint density at radius 3 is 2.55 bits per heavy atom. The molecule has 0 aliphatic carbocycles. The summed E-state index contributed by atoms with van der Waals surface area (Å²) in [5.41, 5.74) is 4.59. The summed E-state index contributed by atoms with van der Waals surface area (Å²) in [4.78, 5) is 9.19. The molecule has 152 valence electrons. The Morgan fingerprint density at radius 2 is 1.86 bits per heavy atom. The van der Waals surface area contributed by atoms with Gasteiger partial charge in [0.25, 0.3) is 0 Å². The van der Waals surface area contributed by atoms with E-state index in [-0.39, 0.29) is 6.17 Å². The molecule has 0 saturated carbocycles. The fourth-order valence-electron chi connectivity index (χ4n) is 4.30. The summed E-state index contributed by atoms with van der Waals surface area (Å²) < 4.78 is 0. The van der Waals surface area contributed by atoms with Gasteiger partial charge in [0.15, 0.2) is 0 Å². The number of anilines is 2. The van der Waals surface area contributed by atoms with Crippen molar-refractivity contribution in [1.29, 1.82) is 0 Å². The van der Waals surface area contributed by atoms with Gasteiger partial charge in [-0.1, -0.05) is 35.3 Å². The van der Waals surface area contributed by atoms with E-state index in [1.54, 1.807) is 0 Å². The van der Waals surface area contributed by atoms with E-state index >= 15 is 0 Å². The quantitative estimate of drug-likeness (QED) is 0.547. The lowest BCUT2D eigenvalue weighted by molar-refractivity contribution is 0.404. The van der Waals surface area contributed by atoms with Crippen LogP contribution < -0.4 is 9.80 Å². The van der Waals surface area contributed by atoms with Crippen LogP contribution in [0.3, 0.4) is 0 Å². The van der Waals surface area contributed by atoms with Crippen LogP contribution in [0.5, 0.6) is 0 Å². The maximum atomic E-state index is 6.70. The van der Waals surface area contributed by atoms with Gasteiger partial charge in [-0.25, -0.2) is 0 Å². The Morgan fingerprint density at radius 1 is 1.07 bits per heavy atom. The highest BCUT2D eigenvalue weighted by molar-refractivity contribution is 6.33. The molecule has 3 nitrogen and oxygen atoms in total. The molecule has 0 radical (unpaired) electrons. The third kappa shape index (κ3) is 4.79. The maximum absolute atomic E-state index is 6.70. The Bertz CT molecular complexity index is 929. The molecule has 2 aromatic rings. The number of benzene rings is 2. The lowest BCUT2D eigenvalue weighted by Crippen LogP contribution is -2.34. The SMILES string of the molecule is CC1=NC(C)N(c2ccc(N3CCC(Cc4cccc(Cl)c4)CC3)c(Cl)c2)C=C1. The molecule has 0 N–H and O–H groups in total. The van der Waals surface area contributed by atoms with Gasteiger partial charge in [0.05, 0.1) is 10.7 Å². The molecule has 2 heterocycles. The van der Waals surface area contributed by atoms with Crippen molar-refractivity contribution in [3.8, 4) is 0 Å². The monoisotopic (exact) mass is 427 g/mol. The Kier molecular flexibility index (Phi) is 6.17. The standard InChI is InChI=1S/C24H27Cl2N3/c1-17-8-13-29(18(2)27-17)22-6-7-24(23(26)16-22)28-11-9-19(10-12-28)14-20-4-3-5-21(25)15-20/h3-8,13,15-16,18-19H,9-12,14H2,1-2H3. The van der Waals surface area contributed by atoms with Crippen LogP contribution in [0.1, 0.15) is 32.3 Å². The fraction of sp³-hybridized carbons (Fsp3) is 0.375. The van der Waals surface area contributed by atoms with E-state index in [2.05, 4.69) is 58.2 Å². The van der Waals surface area contributed by atoms with Gasteiger partial charge in [0, 0.05) is 35.7 Å². The van der Waals surface area contributed by atoms with Gasteiger partial charge in [-0.2, -0.15) is 0 Å². The number of rotatable bonds is 4. The molecule has 2 aliphatic rings. The van der Waals surface area contributed by atoms with Crippen LogP contribution in [0, 0.1) is 5.92 Å². The number of aliphatic imine (C=N–C) groups is 1. The zero-order chi connectivity index (χ0) is 20.4. The second kappa shape index (κ2) is 8.81. The van der Waals surface area contributed by atoms with E-state index < -0.39 is 0 Å². The van der Waals surface area contributed by atoms with Crippen molar-refractivity contribution in [2.24, 2.45) is 10.9 Å². The highest BCUT2D eigenvalue weighted by atomic mass is 35.5. The minimum absolute atomic E-state index is 0.0872. The van der Waals surface area contributed by atoms with E-state index in [0.717, 1.165) is 46.6 Å². The average molecular weight is 428 g/mol. The van der Waals surface area contributed by atoms with Gasteiger partial charge in [0.2, 0.25) is 0 Å². The number of allylic oxidation sites excluding steroid dienone is 1. The van der Waals surface area contributed by atoms with Crippen LogP contribution >= 0.6 is 23.2 Å². The van der Waals surface area contributed by atoms with Crippen LogP contribution in [0.25, 0.3) is 0 Å². The second-order valence-electron chi connectivity index (χ2n) is 8.03. The molecule has 2 aromatic carbocycles. The van der Waals surface area contributed by atoms with E-state index in [4.69, 9.17) is 23.2 Å². The van der Waals surface area contributed by atoms with Gasteiger partial charge in [0.1, 0.15) is 6.17 Å². The second-order valence-corrected chi connectivity index (χ2v) is 8.87. The van der Waals surface area contributed by atoms with Gasteiger partial charge < -0.3 is 9.80 Å². The van der Waals surface area contributed by atoms with Crippen molar-refractivity contribution in [3.63, 3.8) is 0 Å². The number of halogens is 2. The van der Waals surface area contributed by atoms with Crippen molar-refractivity contribution in [1.82, 2.24) is 0 Å². The largest absolute Gasteiger partial charge is 0.370 e. The zero-order valence-corrected chi connectivity index (χ0v) is 18.5. The highest BCUT2D eigenvalue weighted by Gasteiger charge is 2.22. The first kappa shape index (κ1) is 20.3. The normalized spacial score (nSPS) is 20.1. The van der Waals surface area contributed by atoms with Crippen LogP contribution in [0.15, 0.2) is 59.7 Å². The van der Waals surface area contributed by atoms with Crippen molar-refractivity contribution in [2.75, 3.05) is 22.9 Å². The molecule has 29 heavy (non-hydrogen) atoms. The summed E-state index contributed by atoms with van der Waals surface area (Å²) in [6.07, 6.45) is 7.64. The molecule has 1 atom stereocenters. The molecular formula is C24H27Cl2N3. The minimum Gasteiger partial charge on any atom is -0.370 e. The summed E-state index contributed by atoms with van der Waals surface area (Å²) in [6, 6.07) is 14.6. The smallest absolute Gasteiger partial charge is 0.122 e. The van der Waals surface area contributed by atoms with Crippen LogP contribution in [0.4, 0.5) is 11.4 Å². The van der Waals surface area contributed by atoms with Crippen LogP contribution in [0.2, 0.25) is 10.0 Å². The molecule has 4 rings (SSSR count). The molecule has 0 spiro atoms. The van der Waals surface area contributed by atoms with Crippen LogP contribution in [-0.2, 0) is 6.42 Å². The Balaban J connectivity index is 1.39. The Labute approximate surface area is 183 Å². The molecule has 1 fully saturated rings. The summed E-state index contributed by atoms with van der Waals surface area (Å²) >= 11 is 12.8. The molecule has 0 bridgehead atoms. The number of hydrogen-bond acceptors (Lipinski definition) is 3. The van der Waals surface area contributed by atoms with Crippen molar-refractivity contribution in [2.45, 2.75) is 39.3 Å². The zero-order valence-electron chi connectivity index (χ0n) is 17.0. The maximum Gasteiger partial charge on any atom is 0.122 e. The van der Waals surface area contributed by atoms with Gasteiger partial charge in [-0.3, -0.25) is 4.99 Å². The van der Waals surface area contributed by atoms with Gasteiger partial charge in [-0.05, 0) is 81.0 Å². The molecule has 0 amide bonds. The lowest BCUT2D eigenvalue weighted by Gasteiger charge is -2.35. The van der Waals surface area contributed by atoms with Gasteiger partial charge >= 0.3 is 0 Å². The first-order valence-corrected chi connectivity index (χ1v) is 11.0. The Hall–Kier alpha value is -1.97. The molecule has 2 aliphatic heterocycles. The average Bonchev–Trinajstić information content (AvgIpc) is 2.69. The topological polar surface area (TPSA) is 18.8 Å². The summed E-state index contributed by atoms with van der Waals surface area (Å²) in [5.74, 6) is 0.697. The summed E-state index contributed by atoms with van der Waals surface area (Å²) in [7, 11) is 0. The predicted octanol–water partition coefficient (Wildman–Crippen LogP) is 6.59. The molecule has 1 saturated heterocycles. The van der Waals surface area contributed by atoms with E-state index in [9.17, 15) is 0 Å². The van der Waals surface area contributed by atoms with E-state index in [1.165, 1.54) is 18.4 Å². The minimum atomic E-state index is 0.0872. The molecule has 1 unspecified atom stereocenters. The number of hydrogen-bond donors (Lipinski definition) is 0. The lowest BCUT2D eigenvalue weighted by atomic mass is 9.90. The third-order valence-electron chi connectivity index (χ3n) is 5.87. The summed E-state index contributed by atoms with van der Waals surface area (Å²) in [5, 5.41) is 1.63. The van der Waals surface area contributed by atoms with Crippen molar-refractivity contribution in [3.05, 3.63) is 70.3 Å². The molecule has 0 aromatic heterocycles. The van der Waals surface area contributed by atoms with Gasteiger partial charge in [-0.15, -0.1) is 0 Å². The predicted molar refractivity (Wildman–Crippen MR) is 126 cm³/mol. The first-order valence-electron chi connectivity index (χ1n) is 10.3. The fourth-order valence-corrected chi connectivity index (χ4v) is 4.81. The van der Waals surface area contributed by atoms with Crippen molar-refractivity contribution < 1.29 is 0 Å². The summed E-state index contributed by atoms with van der Waals surface area (Å²) in [6.45, 7) is 6.19.